The highest BCUT2D eigenvalue weighted by molar-refractivity contribution is 5.98. The number of ether oxygens (including phenoxy) is 2. The van der Waals surface area contributed by atoms with Crippen molar-refractivity contribution in [3.8, 4) is 11.5 Å². The summed E-state index contributed by atoms with van der Waals surface area (Å²) in [6.45, 7) is 0. The Morgan fingerprint density at radius 2 is 1.72 bits per heavy atom. The minimum atomic E-state index is -1.18. The molecule has 25 heavy (non-hydrogen) atoms. The van der Waals surface area contributed by atoms with Crippen LogP contribution < -0.4 is 9.47 Å². The van der Waals surface area contributed by atoms with Crippen molar-refractivity contribution in [2.45, 2.75) is 37.3 Å². The van der Waals surface area contributed by atoms with Gasteiger partial charge < -0.3 is 19.7 Å². The lowest BCUT2D eigenvalue weighted by atomic mass is 9.70. The highest BCUT2D eigenvalue weighted by Crippen LogP contribution is 2.50. The van der Waals surface area contributed by atoms with Crippen LogP contribution in [0, 0.1) is 5.92 Å². The molecule has 3 atom stereocenters. The van der Waals surface area contributed by atoms with Gasteiger partial charge in [0.05, 0.1) is 23.5 Å². The first kappa shape index (κ1) is 14.9. The zero-order chi connectivity index (χ0) is 17.2. The molecule has 0 amide bonds. The van der Waals surface area contributed by atoms with E-state index in [2.05, 4.69) is 0 Å². The fraction of sp³-hybridized carbons (Fsp3) is 0.350. The predicted molar refractivity (Wildman–Crippen MR) is 90.4 cm³/mol. The van der Waals surface area contributed by atoms with Crippen LogP contribution in [0.1, 0.15) is 19.3 Å². The van der Waals surface area contributed by atoms with Gasteiger partial charge in [-0.25, -0.2) is 0 Å². The fourth-order valence-electron chi connectivity index (χ4n) is 4.40. The molecule has 2 aromatic rings. The van der Waals surface area contributed by atoms with E-state index in [9.17, 15) is 15.0 Å². The van der Waals surface area contributed by atoms with Gasteiger partial charge in [-0.2, -0.15) is 0 Å². The maximum Gasteiger partial charge on any atom is 0.261 e. The lowest BCUT2D eigenvalue weighted by Gasteiger charge is -2.49. The van der Waals surface area contributed by atoms with Crippen LogP contribution in [0.5, 0.6) is 11.5 Å². The number of allylic oxidation sites excluding steroid dienone is 1. The van der Waals surface area contributed by atoms with E-state index in [4.69, 9.17) is 9.47 Å². The van der Waals surface area contributed by atoms with Gasteiger partial charge in [-0.3, -0.25) is 4.79 Å². The van der Waals surface area contributed by atoms with Gasteiger partial charge in [-0.15, -0.1) is 0 Å². The fourth-order valence-corrected chi connectivity index (χ4v) is 4.40. The summed E-state index contributed by atoms with van der Waals surface area (Å²) < 4.78 is 12.6. The molecule has 0 saturated heterocycles. The van der Waals surface area contributed by atoms with E-state index in [0.29, 0.717) is 29.9 Å². The molecule has 2 aliphatic carbocycles. The molecular formula is C20H18O5. The van der Waals surface area contributed by atoms with Crippen LogP contribution >= 0.6 is 0 Å². The number of aliphatic hydroxyl groups excluding tert-OH is 2. The number of hydrogen-bond donors (Lipinski definition) is 2. The number of aliphatic hydroxyl groups is 2. The molecule has 1 saturated carbocycles. The second kappa shape index (κ2) is 5.07. The van der Waals surface area contributed by atoms with E-state index in [1.54, 1.807) is 0 Å². The Labute approximate surface area is 144 Å². The normalized spacial score (nSPS) is 29.6. The monoisotopic (exact) mass is 338 g/mol. The Morgan fingerprint density at radius 3 is 2.40 bits per heavy atom. The van der Waals surface area contributed by atoms with E-state index in [1.165, 1.54) is 0 Å². The average molecular weight is 338 g/mol. The maximum absolute atomic E-state index is 12.4. The van der Waals surface area contributed by atoms with Crippen molar-refractivity contribution in [1.82, 2.24) is 0 Å². The van der Waals surface area contributed by atoms with Gasteiger partial charge in [-0.1, -0.05) is 30.3 Å². The van der Waals surface area contributed by atoms with Crippen LogP contribution in [0.4, 0.5) is 0 Å². The third-order valence-electron chi connectivity index (χ3n) is 5.51. The minimum absolute atomic E-state index is 0.0637. The first-order valence-electron chi connectivity index (χ1n) is 8.58. The lowest BCUT2D eigenvalue weighted by Crippen LogP contribution is -2.61. The number of ketones is 1. The van der Waals surface area contributed by atoms with Crippen LogP contribution in [-0.4, -0.2) is 34.0 Å². The number of carbonyl (C=O) groups excluding carboxylic acids is 1. The maximum atomic E-state index is 12.4. The Hall–Kier alpha value is -2.37. The molecule has 3 aliphatic rings. The highest BCUT2D eigenvalue weighted by atomic mass is 16.7. The molecule has 0 aromatic heterocycles. The lowest BCUT2D eigenvalue weighted by molar-refractivity contribution is -0.201. The zero-order valence-electron chi connectivity index (χ0n) is 13.5. The Bertz CT molecular complexity index is 875. The van der Waals surface area contributed by atoms with E-state index in [1.807, 2.05) is 42.5 Å². The molecule has 5 heteroatoms. The molecule has 1 fully saturated rings. The molecule has 0 bridgehead atoms. The summed E-state index contributed by atoms with van der Waals surface area (Å²) in [5.74, 6) is -0.670. The molecule has 0 radical (unpaired) electrons. The first-order chi connectivity index (χ1) is 12.1. The van der Waals surface area contributed by atoms with Crippen molar-refractivity contribution >= 4 is 16.6 Å². The van der Waals surface area contributed by atoms with E-state index in [0.717, 1.165) is 10.8 Å². The smallest absolute Gasteiger partial charge is 0.261 e. The molecule has 5 rings (SSSR count). The molecule has 2 N–H and O–H groups in total. The number of benzene rings is 2. The van der Waals surface area contributed by atoms with Crippen molar-refractivity contribution in [2.75, 3.05) is 0 Å². The van der Waals surface area contributed by atoms with Gasteiger partial charge in [0.2, 0.25) is 0 Å². The summed E-state index contributed by atoms with van der Waals surface area (Å²) in [6, 6.07) is 11.6. The largest absolute Gasteiger partial charge is 0.451 e. The summed E-state index contributed by atoms with van der Waals surface area (Å²) in [5.41, 5.74) is 0.510. The standard InChI is InChI=1S/C20H18O5/c21-13-10-14(22)19(23)18-12(13)6-3-9-20(18)24-15-7-1-4-11-5-2-8-16(25-20)17(11)15/h1-2,4-8,14,18-19,22-23H,3,9-10H2/t14-,18-,19+/m0/s1. The average Bonchev–Trinajstić information content (AvgIpc) is 2.60. The zero-order valence-corrected chi connectivity index (χ0v) is 13.5. The molecule has 1 aliphatic heterocycles. The number of rotatable bonds is 0. The summed E-state index contributed by atoms with van der Waals surface area (Å²) in [5, 5.41) is 22.7. The number of carbonyl (C=O) groups is 1. The number of hydrogen-bond acceptors (Lipinski definition) is 5. The van der Waals surface area contributed by atoms with Crippen LogP contribution in [-0.2, 0) is 4.79 Å². The van der Waals surface area contributed by atoms with Crippen molar-refractivity contribution in [3.63, 3.8) is 0 Å². The first-order valence-corrected chi connectivity index (χ1v) is 8.58. The van der Waals surface area contributed by atoms with E-state index in [-0.39, 0.29) is 12.2 Å². The summed E-state index contributed by atoms with van der Waals surface area (Å²) in [6.07, 6.45) is 0.701. The van der Waals surface area contributed by atoms with E-state index < -0.39 is 23.9 Å². The molecule has 1 spiro atoms. The Balaban J connectivity index is 1.67. The van der Waals surface area contributed by atoms with E-state index >= 15 is 0 Å². The Kier molecular flexibility index (Phi) is 3.03. The van der Waals surface area contributed by atoms with Crippen molar-refractivity contribution < 1.29 is 24.5 Å². The third kappa shape index (κ3) is 2.00. The second-order valence-electron chi connectivity index (χ2n) is 6.99. The van der Waals surface area contributed by atoms with Gasteiger partial charge in [-0.05, 0) is 23.9 Å². The summed E-state index contributed by atoms with van der Waals surface area (Å²) >= 11 is 0. The minimum Gasteiger partial charge on any atom is -0.451 e. The third-order valence-corrected chi connectivity index (χ3v) is 5.51. The van der Waals surface area contributed by atoms with Gasteiger partial charge in [0.15, 0.2) is 5.78 Å². The number of fused-ring (bicyclic) bond motifs is 2. The van der Waals surface area contributed by atoms with Crippen molar-refractivity contribution in [3.05, 3.63) is 48.0 Å². The van der Waals surface area contributed by atoms with Gasteiger partial charge in [0.25, 0.3) is 5.79 Å². The van der Waals surface area contributed by atoms with Crippen molar-refractivity contribution in [1.29, 1.82) is 0 Å². The SMILES string of the molecule is O=C1C[C@H](O)[C@@H](O)[C@@H]2C1=CCCC21Oc2cccc3cccc(c23)O1. The number of Topliss-reactive ketones (excluding diaryl/α,β-unsaturated/α-hetero) is 1. The molecule has 128 valence electrons. The van der Waals surface area contributed by atoms with Gasteiger partial charge >= 0.3 is 0 Å². The molecule has 1 heterocycles. The van der Waals surface area contributed by atoms with Crippen LogP contribution in [0.15, 0.2) is 48.0 Å². The molecule has 0 unspecified atom stereocenters. The van der Waals surface area contributed by atoms with Crippen LogP contribution in [0.2, 0.25) is 0 Å². The van der Waals surface area contributed by atoms with Crippen LogP contribution in [0.25, 0.3) is 10.8 Å². The Morgan fingerprint density at radius 1 is 1.04 bits per heavy atom. The predicted octanol–water partition coefficient (Wildman–Crippen LogP) is 2.34. The quantitative estimate of drug-likeness (QED) is 0.771. The summed E-state index contributed by atoms with van der Waals surface area (Å²) in [4.78, 5) is 12.4. The molecule has 5 nitrogen and oxygen atoms in total. The molecule has 2 aromatic carbocycles. The van der Waals surface area contributed by atoms with Crippen LogP contribution in [0.3, 0.4) is 0 Å². The van der Waals surface area contributed by atoms with Gasteiger partial charge in [0.1, 0.15) is 11.5 Å². The second-order valence-corrected chi connectivity index (χ2v) is 6.99. The topological polar surface area (TPSA) is 76.0 Å². The van der Waals surface area contributed by atoms with Crippen molar-refractivity contribution in [2.24, 2.45) is 5.92 Å². The molecular weight excluding hydrogens is 320 g/mol. The highest BCUT2D eigenvalue weighted by Gasteiger charge is 2.57. The summed E-state index contributed by atoms with van der Waals surface area (Å²) in [7, 11) is 0. The van der Waals surface area contributed by atoms with Gasteiger partial charge in [0, 0.05) is 18.4 Å².